The summed E-state index contributed by atoms with van der Waals surface area (Å²) in [6.07, 6.45) is -0.241. The SMILES string of the molecule is CCC(=O)C1C(=O)CC(c2c(C)c([N+](=O)[O-])c(C)c([N+](=O)[O-])c2C)CC1=O. The van der Waals surface area contributed by atoms with Gasteiger partial charge in [-0.25, -0.2) is 0 Å². The third-order valence-electron chi connectivity index (χ3n) is 5.21. The predicted octanol–water partition coefficient (Wildman–Crippen LogP) is 3.04. The summed E-state index contributed by atoms with van der Waals surface area (Å²) in [5, 5.41) is 23.0. The molecular weight excluding hydrogens is 356 g/mol. The van der Waals surface area contributed by atoms with Gasteiger partial charge in [-0.3, -0.25) is 34.6 Å². The first-order chi connectivity index (χ1) is 12.5. The van der Waals surface area contributed by atoms with Crippen molar-refractivity contribution in [2.45, 2.75) is 52.9 Å². The van der Waals surface area contributed by atoms with Crippen molar-refractivity contribution in [2.24, 2.45) is 5.92 Å². The van der Waals surface area contributed by atoms with Crippen LogP contribution in [0.25, 0.3) is 0 Å². The Morgan fingerprint density at radius 1 is 0.926 bits per heavy atom. The molecular formula is C18H20N2O7. The molecule has 9 heteroatoms. The molecule has 27 heavy (non-hydrogen) atoms. The van der Waals surface area contributed by atoms with Crippen LogP contribution < -0.4 is 0 Å². The fourth-order valence-electron chi connectivity index (χ4n) is 4.11. The second-order valence-corrected chi connectivity index (χ2v) is 6.79. The van der Waals surface area contributed by atoms with E-state index in [1.54, 1.807) is 6.92 Å². The zero-order valence-electron chi connectivity index (χ0n) is 15.5. The molecule has 1 fully saturated rings. The van der Waals surface area contributed by atoms with Gasteiger partial charge in [-0.15, -0.1) is 0 Å². The molecule has 9 nitrogen and oxygen atoms in total. The Kier molecular flexibility index (Phi) is 5.53. The van der Waals surface area contributed by atoms with Crippen LogP contribution >= 0.6 is 0 Å². The Labute approximate surface area is 155 Å². The van der Waals surface area contributed by atoms with E-state index in [0.29, 0.717) is 0 Å². The van der Waals surface area contributed by atoms with Crippen LogP contribution in [0.15, 0.2) is 0 Å². The highest BCUT2D eigenvalue weighted by molar-refractivity contribution is 6.21. The highest BCUT2D eigenvalue weighted by atomic mass is 16.6. The van der Waals surface area contributed by atoms with Gasteiger partial charge in [0.25, 0.3) is 11.4 Å². The fraction of sp³-hybridized carbons (Fsp3) is 0.500. The van der Waals surface area contributed by atoms with E-state index in [1.807, 2.05) is 0 Å². The van der Waals surface area contributed by atoms with E-state index >= 15 is 0 Å². The van der Waals surface area contributed by atoms with Crippen molar-refractivity contribution in [2.75, 3.05) is 0 Å². The van der Waals surface area contributed by atoms with Crippen molar-refractivity contribution in [3.63, 3.8) is 0 Å². The predicted molar refractivity (Wildman–Crippen MR) is 94.7 cm³/mol. The van der Waals surface area contributed by atoms with E-state index in [4.69, 9.17) is 0 Å². The molecule has 0 aliphatic heterocycles. The summed E-state index contributed by atoms with van der Waals surface area (Å²) in [4.78, 5) is 58.3. The minimum absolute atomic E-state index is 0.0590. The highest BCUT2D eigenvalue weighted by Crippen LogP contribution is 2.44. The Balaban J connectivity index is 2.65. The number of carbonyl (C=O) groups excluding carboxylic acids is 3. The summed E-state index contributed by atoms with van der Waals surface area (Å²) in [5.74, 6) is -3.52. The van der Waals surface area contributed by atoms with Gasteiger partial charge >= 0.3 is 0 Å². The largest absolute Gasteiger partial charge is 0.298 e. The lowest BCUT2D eigenvalue weighted by atomic mass is 9.72. The van der Waals surface area contributed by atoms with Gasteiger partial charge in [0.2, 0.25) is 0 Å². The third kappa shape index (κ3) is 3.36. The first-order valence-electron chi connectivity index (χ1n) is 8.53. The van der Waals surface area contributed by atoms with Crippen molar-refractivity contribution in [3.05, 3.63) is 42.5 Å². The number of Topliss-reactive ketones (excluding diaryl/α,β-unsaturated/α-hetero) is 3. The normalized spacial score (nSPS) is 19.9. The maximum absolute atomic E-state index is 12.4. The molecule has 1 aromatic rings. The first kappa shape index (κ1) is 20.3. The standard InChI is InChI=1S/C18H20N2O7/c1-5-12(21)16-13(22)6-11(7-14(16)23)15-8(2)17(19(24)25)10(4)18(9(15)3)20(26)27/h11,16H,5-7H2,1-4H3. The monoisotopic (exact) mass is 376 g/mol. The Morgan fingerprint density at radius 2 is 1.33 bits per heavy atom. The van der Waals surface area contributed by atoms with E-state index in [0.717, 1.165) is 0 Å². The maximum Gasteiger partial charge on any atom is 0.282 e. The van der Waals surface area contributed by atoms with Gasteiger partial charge in [-0.1, -0.05) is 6.92 Å². The number of benzene rings is 1. The van der Waals surface area contributed by atoms with Gasteiger partial charge in [-0.2, -0.15) is 0 Å². The van der Waals surface area contributed by atoms with Crippen LogP contribution in [0.5, 0.6) is 0 Å². The number of hydrogen-bond donors (Lipinski definition) is 0. The van der Waals surface area contributed by atoms with Gasteiger partial charge in [0.1, 0.15) is 11.5 Å². The number of nitro groups is 2. The van der Waals surface area contributed by atoms with Crippen LogP contribution in [0.1, 0.15) is 54.4 Å². The molecule has 0 amide bonds. The van der Waals surface area contributed by atoms with E-state index in [2.05, 4.69) is 0 Å². The van der Waals surface area contributed by atoms with Crippen LogP contribution in [0.4, 0.5) is 11.4 Å². The summed E-state index contributed by atoms with van der Waals surface area (Å²) in [7, 11) is 0. The average molecular weight is 376 g/mol. The minimum Gasteiger partial charge on any atom is -0.298 e. The van der Waals surface area contributed by atoms with Crippen LogP contribution in [0.3, 0.4) is 0 Å². The molecule has 2 rings (SSSR count). The molecule has 1 aromatic carbocycles. The zero-order valence-corrected chi connectivity index (χ0v) is 15.5. The number of carbonyl (C=O) groups is 3. The van der Waals surface area contributed by atoms with E-state index < -0.39 is 39.0 Å². The van der Waals surface area contributed by atoms with Gasteiger partial charge in [0, 0.05) is 30.4 Å². The molecule has 0 atom stereocenters. The van der Waals surface area contributed by atoms with Gasteiger partial charge in [-0.05, 0) is 32.3 Å². The van der Waals surface area contributed by atoms with Crippen LogP contribution in [0, 0.1) is 46.9 Å². The summed E-state index contributed by atoms with van der Waals surface area (Å²) in [6.45, 7) is 5.81. The van der Waals surface area contributed by atoms with Crippen molar-refractivity contribution < 1.29 is 24.2 Å². The Bertz CT molecular complexity index is 829. The average Bonchev–Trinajstić information content (AvgIpc) is 2.52. The molecule has 0 heterocycles. The molecule has 0 saturated heterocycles. The first-order valence-corrected chi connectivity index (χ1v) is 8.53. The molecule has 0 N–H and O–H groups in total. The summed E-state index contributed by atoms with van der Waals surface area (Å²) < 4.78 is 0. The zero-order chi connectivity index (χ0) is 20.6. The second-order valence-electron chi connectivity index (χ2n) is 6.79. The number of hydrogen-bond acceptors (Lipinski definition) is 7. The summed E-state index contributed by atoms with van der Waals surface area (Å²) >= 11 is 0. The molecule has 1 saturated carbocycles. The summed E-state index contributed by atoms with van der Waals surface area (Å²) in [5.41, 5.74) is -0.111. The number of rotatable bonds is 5. The topological polar surface area (TPSA) is 137 Å². The van der Waals surface area contributed by atoms with Gasteiger partial charge < -0.3 is 0 Å². The molecule has 1 aliphatic rings. The highest BCUT2D eigenvalue weighted by Gasteiger charge is 2.42. The molecule has 0 spiro atoms. The number of ketones is 3. The Morgan fingerprint density at radius 3 is 1.67 bits per heavy atom. The van der Waals surface area contributed by atoms with Crippen molar-refractivity contribution in [3.8, 4) is 0 Å². The quantitative estimate of drug-likeness (QED) is 0.437. The smallest absolute Gasteiger partial charge is 0.282 e. The van der Waals surface area contributed by atoms with E-state index in [-0.39, 0.29) is 52.9 Å². The Hall–Kier alpha value is -2.97. The van der Waals surface area contributed by atoms with Crippen molar-refractivity contribution in [1.29, 1.82) is 0 Å². The fourth-order valence-corrected chi connectivity index (χ4v) is 4.11. The van der Waals surface area contributed by atoms with Crippen molar-refractivity contribution in [1.82, 2.24) is 0 Å². The van der Waals surface area contributed by atoms with Crippen LogP contribution in [-0.2, 0) is 14.4 Å². The molecule has 0 bridgehead atoms. The number of nitro benzene ring substituents is 2. The molecule has 0 radical (unpaired) electrons. The molecule has 0 aromatic heterocycles. The summed E-state index contributed by atoms with van der Waals surface area (Å²) in [6, 6.07) is 0. The van der Waals surface area contributed by atoms with E-state index in [1.165, 1.54) is 20.8 Å². The minimum atomic E-state index is -1.29. The molecule has 1 aliphatic carbocycles. The van der Waals surface area contributed by atoms with Crippen LogP contribution in [0.2, 0.25) is 0 Å². The van der Waals surface area contributed by atoms with Crippen LogP contribution in [-0.4, -0.2) is 27.2 Å². The second kappa shape index (κ2) is 7.34. The van der Waals surface area contributed by atoms with E-state index in [9.17, 15) is 34.6 Å². The lowest BCUT2D eigenvalue weighted by Gasteiger charge is -2.28. The third-order valence-corrected chi connectivity index (χ3v) is 5.21. The molecule has 0 unspecified atom stereocenters. The van der Waals surface area contributed by atoms with Gasteiger partial charge in [0.15, 0.2) is 17.3 Å². The lowest BCUT2D eigenvalue weighted by Crippen LogP contribution is -2.38. The molecule has 144 valence electrons. The lowest BCUT2D eigenvalue weighted by molar-refractivity contribution is -0.396. The van der Waals surface area contributed by atoms with Gasteiger partial charge in [0.05, 0.1) is 9.85 Å². The maximum atomic E-state index is 12.4. The van der Waals surface area contributed by atoms with Crippen molar-refractivity contribution >= 4 is 28.7 Å². The number of nitrogens with zero attached hydrogens (tertiary/aromatic N) is 2.